The normalized spacial score (nSPS) is 10.5. The Morgan fingerprint density at radius 2 is 2.04 bits per heavy atom. The smallest absolute Gasteiger partial charge is 0.271 e. The maximum absolute atomic E-state index is 11.9. The molecular formula is C17H16N4OS. The third-order valence-corrected chi connectivity index (χ3v) is 4.30. The van der Waals surface area contributed by atoms with Crippen LogP contribution in [0.4, 0.5) is 0 Å². The van der Waals surface area contributed by atoms with E-state index in [0.29, 0.717) is 12.2 Å². The van der Waals surface area contributed by atoms with E-state index in [1.54, 1.807) is 11.3 Å². The molecule has 0 aliphatic carbocycles. The van der Waals surface area contributed by atoms with E-state index >= 15 is 0 Å². The minimum absolute atomic E-state index is 0.227. The molecular weight excluding hydrogens is 308 g/mol. The molecule has 2 aromatic heterocycles. The van der Waals surface area contributed by atoms with Crippen LogP contribution >= 0.6 is 11.3 Å². The summed E-state index contributed by atoms with van der Waals surface area (Å²) in [6.07, 6.45) is 5.44. The molecule has 116 valence electrons. The van der Waals surface area contributed by atoms with Crippen LogP contribution in [0.2, 0.25) is 0 Å². The van der Waals surface area contributed by atoms with Gasteiger partial charge in [-0.2, -0.15) is 0 Å². The van der Waals surface area contributed by atoms with Gasteiger partial charge in [-0.15, -0.1) is 11.3 Å². The van der Waals surface area contributed by atoms with Crippen LogP contribution in [0.1, 0.15) is 28.7 Å². The molecule has 0 saturated carbocycles. The second kappa shape index (κ2) is 7.11. The Bertz CT molecular complexity index is 784. The number of carbonyl (C=O) groups excluding carboxylic acids is 1. The molecule has 1 aromatic carbocycles. The lowest BCUT2D eigenvalue weighted by atomic mass is 10.1. The molecule has 0 aliphatic heterocycles. The fourth-order valence-corrected chi connectivity index (χ4v) is 2.97. The topological polar surface area (TPSA) is 67.8 Å². The van der Waals surface area contributed by atoms with Crippen LogP contribution in [-0.4, -0.2) is 20.9 Å². The van der Waals surface area contributed by atoms with Crippen molar-refractivity contribution in [1.29, 1.82) is 0 Å². The van der Waals surface area contributed by atoms with Crippen LogP contribution in [0, 0.1) is 0 Å². The Kier molecular flexibility index (Phi) is 4.73. The van der Waals surface area contributed by atoms with Gasteiger partial charge < -0.3 is 5.32 Å². The highest BCUT2D eigenvalue weighted by atomic mass is 32.1. The number of amides is 1. The average molecular weight is 324 g/mol. The fourth-order valence-electron chi connectivity index (χ4n) is 2.06. The molecule has 2 heterocycles. The SMILES string of the molecule is CCc1csc(-c2ccc(CNC(=O)c3cnccn3)cc2)n1. The van der Waals surface area contributed by atoms with Crippen LogP contribution in [0.5, 0.6) is 0 Å². The van der Waals surface area contributed by atoms with E-state index in [9.17, 15) is 4.79 Å². The predicted molar refractivity (Wildman–Crippen MR) is 90.1 cm³/mol. The Morgan fingerprint density at radius 3 is 2.70 bits per heavy atom. The number of hydrogen-bond donors (Lipinski definition) is 1. The number of nitrogens with zero attached hydrogens (tertiary/aromatic N) is 3. The standard InChI is InChI=1S/C17H16N4OS/c1-2-14-11-23-17(21-14)13-5-3-12(4-6-13)9-20-16(22)15-10-18-7-8-19-15/h3-8,10-11H,2,9H2,1H3,(H,20,22). The number of nitrogens with one attached hydrogen (secondary N) is 1. The Balaban J connectivity index is 1.62. The third kappa shape index (κ3) is 3.78. The van der Waals surface area contributed by atoms with Gasteiger partial charge in [-0.3, -0.25) is 9.78 Å². The third-order valence-electron chi connectivity index (χ3n) is 3.36. The van der Waals surface area contributed by atoms with Crippen molar-refractivity contribution in [3.63, 3.8) is 0 Å². The quantitative estimate of drug-likeness (QED) is 0.783. The molecule has 0 atom stereocenters. The van der Waals surface area contributed by atoms with Crippen molar-refractivity contribution < 1.29 is 4.79 Å². The molecule has 1 amide bonds. The molecule has 5 nitrogen and oxygen atoms in total. The molecule has 1 N–H and O–H groups in total. The second-order valence-corrected chi connectivity index (χ2v) is 5.83. The molecule has 3 aromatic rings. The number of benzene rings is 1. The van der Waals surface area contributed by atoms with E-state index in [1.807, 2.05) is 24.3 Å². The summed E-state index contributed by atoms with van der Waals surface area (Å²) in [7, 11) is 0. The average Bonchev–Trinajstić information content (AvgIpc) is 3.10. The van der Waals surface area contributed by atoms with Gasteiger partial charge in [-0.25, -0.2) is 9.97 Å². The summed E-state index contributed by atoms with van der Waals surface area (Å²) in [5.41, 5.74) is 3.56. The summed E-state index contributed by atoms with van der Waals surface area (Å²) < 4.78 is 0. The van der Waals surface area contributed by atoms with E-state index in [-0.39, 0.29) is 5.91 Å². The number of carbonyl (C=O) groups is 1. The Labute approximate surface area is 138 Å². The summed E-state index contributed by atoms with van der Waals surface area (Å²) in [6, 6.07) is 8.06. The molecule has 0 fully saturated rings. The van der Waals surface area contributed by atoms with Crippen molar-refractivity contribution in [3.8, 4) is 10.6 Å². The van der Waals surface area contributed by atoms with E-state index in [0.717, 1.165) is 28.2 Å². The van der Waals surface area contributed by atoms with Gasteiger partial charge in [-0.1, -0.05) is 31.2 Å². The largest absolute Gasteiger partial charge is 0.347 e. The highest BCUT2D eigenvalue weighted by molar-refractivity contribution is 7.13. The second-order valence-electron chi connectivity index (χ2n) is 4.97. The van der Waals surface area contributed by atoms with Gasteiger partial charge in [0.2, 0.25) is 0 Å². The number of aromatic nitrogens is 3. The van der Waals surface area contributed by atoms with Crippen molar-refractivity contribution in [3.05, 3.63) is 65.2 Å². The van der Waals surface area contributed by atoms with Crippen molar-refractivity contribution >= 4 is 17.2 Å². The summed E-state index contributed by atoms with van der Waals surface area (Å²) in [5, 5.41) is 5.95. The van der Waals surface area contributed by atoms with Gasteiger partial charge in [0.15, 0.2) is 0 Å². The summed E-state index contributed by atoms with van der Waals surface area (Å²) in [6.45, 7) is 2.55. The Hall–Kier alpha value is -2.60. The first-order valence-electron chi connectivity index (χ1n) is 7.34. The zero-order valence-corrected chi connectivity index (χ0v) is 13.5. The van der Waals surface area contributed by atoms with Crippen molar-refractivity contribution in [2.45, 2.75) is 19.9 Å². The maximum atomic E-state index is 11.9. The van der Waals surface area contributed by atoms with E-state index in [2.05, 4.69) is 32.6 Å². The van der Waals surface area contributed by atoms with E-state index in [1.165, 1.54) is 18.6 Å². The number of rotatable bonds is 5. The highest BCUT2D eigenvalue weighted by Gasteiger charge is 2.07. The van der Waals surface area contributed by atoms with Gasteiger partial charge in [-0.05, 0) is 12.0 Å². The number of hydrogen-bond acceptors (Lipinski definition) is 5. The lowest BCUT2D eigenvalue weighted by molar-refractivity contribution is 0.0945. The minimum atomic E-state index is -0.227. The predicted octanol–water partition coefficient (Wildman–Crippen LogP) is 3.09. The lowest BCUT2D eigenvalue weighted by Gasteiger charge is -2.05. The lowest BCUT2D eigenvalue weighted by Crippen LogP contribution is -2.23. The summed E-state index contributed by atoms with van der Waals surface area (Å²) in [5.74, 6) is -0.227. The number of aryl methyl sites for hydroxylation is 1. The van der Waals surface area contributed by atoms with Crippen molar-refractivity contribution in [2.24, 2.45) is 0 Å². The van der Waals surface area contributed by atoms with Gasteiger partial charge in [0.1, 0.15) is 10.7 Å². The molecule has 0 radical (unpaired) electrons. The molecule has 0 saturated heterocycles. The van der Waals surface area contributed by atoms with E-state index in [4.69, 9.17) is 0 Å². The van der Waals surface area contributed by atoms with Gasteiger partial charge in [0.05, 0.1) is 11.9 Å². The fraction of sp³-hybridized carbons (Fsp3) is 0.176. The van der Waals surface area contributed by atoms with Crippen LogP contribution < -0.4 is 5.32 Å². The zero-order valence-electron chi connectivity index (χ0n) is 12.7. The monoisotopic (exact) mass is 324 g/mol. The van der Waals surface area contributed by atoms with E-state index < -0.39 is 0 Å². The minimum Gasteiger partial charge on any atom is -0.347 e. The Morgan fingerprint density at radius 1 is 1.22 bits per heavy atom. The van der Waals surface area contributed by atoms with Gasteiger partial charge in [0, 0.05) is 29.9 Å². The van der Waals surface area contributed by atoms with Crippen molar-refractivity contribution in [2.75, 3.05) is 0 Å². The van der Waals surface area contributed by atoms with Gasteiger partial charge >= 0.3 is 0 Å². The molecule has 23 heavy (non-hydrogen) atoms. The molecule has 0 bridgehead atoms. The molecule has 3 rings (SSSR count). The zero-order chi connectivity index (χ0) is 16.1. The first-order chi connectivity index (χ1) is 11.3. The van der Waals surface area contributed by atoms with Crippen molar-refractivity contribution in [1.82, 2.24) is 20.3 Å². The first kappa shape index (κ1) is 15.3. The molecule has 6 heteroatoms. The van der Waals surface area contributed by atoms with Gasteiger partial charge in [0.25, 0.3) is 5.91 Å². The van der Waals surface area contributed by atoms with Crippen LogP contribution in [-0.2, 0) is 13.0 Å². The maximum Gasteiger partial charge on any atom is 0.271 e. The molecule has 0 unspecified atom stereocenters. The summed E-state index contributed by atoms with van der Waals surface area (Å²) >= 11 is 1.65. The molecule has 0 spiro atoms. The first-order valence-corrected chi connectivity index (χ1v) is 8.22. The summed E-state index contributed by atoms with van der Waals surface area (Å²) in [4.78, 5) is 24.4. The van der Waals surface area contributed by atoms with Crippen LogP contribution in [0.15, 0.2) is 48.2 Å². The van der Waals surface area contributed by atoms with Crippen LogP contribution in [0.25, 0.3) is 10.6 Å². The molecule has 0 aliphatic rings. The number of thiazole rings is 1. The van der Waals surface area contributed by atoms with Crippen LogP contribution in [0.3, 0.4) is 0 Å². The highest BCUT2D eigenvalue weighted by Crippen LogP contribution is 2.24.